The molecule has 6 aromatic rings. The second kappa shape index (κ2) is 18.0. The molecular weight excluding hydrogens is 793 g/mol. The van der Waals surface area contributed by atoms with Gasteiger partial charge in [-0.05, 0) is 146 Å². The summed E-state index contributed by atoms with van der Waals surface area (Å²) in [5.41, 5.74) is 0. The molecule has 57 heavy (non-hydrogen) atoms. The Balaban J connectivity index is 1.04. The largest absolute Gasteiger partial charge is 0.491 e. The summed E-state index contributed by atoms with van der Waals surface area (Å²) in [7, 11) is -8.36. The average Bonchev–Trinajstić information content (AvgIpc) is 3.22. The summed E-state index contributed by atoms with van der Waals surface area (Å²) in [6.45, 7) is 1.51. The van der Waals surface area contributed by atoms with Crippen molar-refractivity contribution in [3.8, 4) is 34.5 Å². The van der Waals surface area contributed by atoms with E-state index in [1.807, 2.05) is 0 Å². The molecule has 6 aromatic carbocycles. The van der Waals surface area contributed by atoms with Gasteiger partial charge >= 0.3 is 0 Å². The van der Waals surface area contributed by atoms with Gasteiger partial charge in [0.25, 0.3) is 0 Å². The van der Waals surface area contributed by atoms with E-state index in [0.717, 1.165) is 0 Å². The third-order valence-corrected chi connectivity index (χ3v) is 13.7. The van der Waals surface area contributed by atoms with Crippen LogP contribution < -0.4 is 18.9 Å². The summed E-state index contributed by atoms with van der Waals surface area (Å²) in [6, 6.07) is 35.7. The second-order valence-corrected chi connectivity index (χ2v) is 18.1. The highest BCUT2D eigenvalue weighted by Crippen LogP contribution is 2.31. The number of hydrogen-bond donors (Lipinski definition) is 0. The van der Waals surface area contributed by atoms with E-state index in [9.17, 15) is 25.3 Å². The number of methoxy groups -OCH3 is 2. The Labute approximate surface area is 331 Å². The molecule has 0 atom stereocenters. The molecule has 0 unspecified atom stereocenters. The molecule has 0 bridgehead atoms. The van der Waals surface area contributed by atoms with Gasteiger partial charge in [0.1, 0.15) is 47.7 Å². The van der Waals surface area contributed by atoms with E-state index in [-0.39, 0.29) is 29.4 Å². The lowest BCUT2D eigenvalue weighted by molar-refractivity contribution is 0.146. The molecule has 0 aliphatic heterocycles. The SMILES string of the molecule is COCCOc1ccc(S(=O)(=O)c2ccc(Oc3ccc(S(=O)(=O)c4ccc(Oc5ccc(S(=O)(=O)c6ccc(OCCOC)cc6)cc5)cc4)cc3)cc2)cc1. The van der Waals surface area contributed by atoms with Gasteiger partial charge in [-0.15, -0.1) is 0 Å². The van der Waals surface area contributed by atoms with E-state index in [1.165, 1.54) is 121 Å². The zero-order valence-corrected chi connectivity index (χ0v) is 33.3. The van der Waals surface area contributed by atoms with Crippen molar-refractivity contribution < 1.29 is 53.7 Å². The third kappa shape index (κ3) is 10.0. The second-order valence-electron chi connectivity index (χ2n) is 12.2. The monoisotopic (exact) mass is 830 g/mol. The van der Waals surface area contributed by atoms with Crippen molar-refractivity contribution in [2.75, 3.05) is 40.6 Å². The van der Waals surface area contributed by atoms with Crippen molar-refractivity contribution in [2.24, 2.45) is 0 Å². The van der Waals surface area contributed by atoms with Gasteiger partial charge in [0, 0.05) is 14.2 Å². The molecule has 6 rings (SSSR count). The first kappa shape index (κ1) is 40.9. The summed E-state index contributed by atoms with van der Waals surface area (Å²) in [4.78, 5) is 0.439. The number of benzene rings is 6. The standard InChI is InChI=1S/C42H38O12S3/c1-49-27-29-51-31-3-15-37(16-4-31)55(43,44)39-19-7-33(8-20-39)53-35-11-23-41(24-12-35)57(47,48)42-25-13-36(14-26-42)54-34-9-21-40(22-10-34)56(45,46)38-17-5-32(6-18-38)52-30-28-50-2/h3-26H,27-30H2,1-2H3. The summed E-state index contributed by atoms with van der Waals surface area (Å²) in [5.74, 6) is 2.45. The van der Waals surface area contributed by atoms with E-state index in [1.54, 1.807) is 38.5 Å². The molecule has 0 aliphatic rings. The molecule has 0 spiro atoms. The van der Waals surface area contributed by atoms with Gasteiger partial charge < -0.3 is 28.4 Å². The van der Waals surface area contributed by atoms with Crippen LogP contribution in [0.4, 0.5) is 0 Å². The van der Waals surface area contributed by atoms with Gasteiger partial charge in [0.15, 0.2) is 0 Å². The Kier molecular flexibility index (Phi) is 13.0. The number of ether oxygens (including phenoxy) is 6. The minimum atomic E-state index is -3.90. The lowest BCUT2D eigenvalue weighted by Gasteiger charge is -2.11. The molecule has 12 nitrogen and oxygen atoms in total. The summed E-state index contributed by atoms with van der Waals surface area (Å²) >= 11 is 0. The van der Waals surface area contributed by atoms with Gasteiger partial charge in [-0.25, -0.2) is 25.3 Å². The Bertz CT molecular complexity index is 2400. The first-order valence-electron chi connectivity index (χ1n) is 17.3. The molecule has 0 saturated heterocycles. The fraction of sp³-hybridized carbons (Fsp3) is 0.143. The normalized spacial score (nSPS) is 11.8. The molecule has 0 aliphatic carbocycles. The molecule has 0 saturated carbocycles. The van der Waals surface area contributed by atoms with Crippen molar-refractivity contribution in [3.63, 3.8) is 0 Å². The van der Waals surface area contributed by atoms with Crippen LogP contribution in [0.3, 0.4) is 0 Å². The topological polar surface area (TPSA) is 158 Å². The lowest BCUT2D eigenvalue weighted by Crippen LogP contribution is -2.05. The van der Waals surface area contributed by atoms with Crippen molar-refractivity contribution in [3.05, 3.63) is 146 Å². The highest BCUT2D eigenvalue weighted by Gasteiger charge is 2.21. The Morgan fingerprint density at radius 1 is 0.298 bits per heavy atom. The highest BCUT2D eigenvalue weighted by molar-refractivity contribution is 7.92. The van der Waals surface area contributed by atoms with E-state index in [4.69, 9.17) is 28.4 Å². The van der Waals surface area contributed by atoms with Gasteiger partial charge in [0.2, 0.25) is 29.5 Å². The zero-order chi connectivity index (χ0) is 40.5. The number of hydrogen-bond acceptors (Lipinski definition) is 12. The van der Waals surface area contributed by atoms with E-state index >= 15 is 0 Å². The summed E-state index contributed by atoms with van der Waals surface area (Å²) in [6.07, 6.45) is 0. The predicted octanol–water partition coefficient (Wildman–Crippen LogP) is 7.82. The molecule has 0 amide bonds. The molecule has 15 heteroatoms. The molecule has 0 aromatic heterocycles. The molecular formula is C42H38O12S3. The molecule has 0 fully saturated rings. The fourth-order valence-electron chi connectivity index (χ4n) is 5.34. The Morgan fingerprint density at radius 3 is 0.684 bits per heavy atom. The fourth-order valence-corrected chi connectivity index (χ4v) is 9.13. The third-order valence-electron chi connectivity index (χ3n) is 8.39. The average molecular weight is 831 g/mol. The first-order chi connectivity index (χ1) is 27.4. The number of sulfone groups is 3. The summed E-state index contributed by atoms with van der Waals surface area (Å²) < 4.78 is 112. The quantitative estimate of drug-likeness (QED) is 0.0775. The molecule has 296 valence electrons. The minimum absolute atomic E-state index is 0.0325. The van der Waals surface area contributed by atoms with Crippen LogP contribution in [0.2, 0.25) is 0 Å². The van der Waals surface area contributed by atoms with Crippen LogP contribution in [-0.4, -0.2) is 65.9 Å². The molecule has 0 heterocycles. The van der Waals surface area contributed by atoms with Crippen LogP contribution in [0.15, 0.2) is 175 Å². The van der Waals surface area contributed by atoms with Crippen molar-refractivity contribution in [2.45, 2.75) is 29.4 Å². The maximum Gasteiger partial charge on any atom is 0.206 e. The van der Waals surface area contributed by atoms with Crippen LogP contribution in [0.5, 0.6) is 34.5 Å². The van der Waals surface area contributed by atoms with Crippen LogP contribution in [0.1, 0.15) is 0 Å². The smallest absolute Gasteiger partial charge is 0.206 e. The summed E-state index contributed by atoms with van der Waals surface area (Å²) in [5, 5.41) is 0. The van der Waals surface area contributed by atoms with Gasteiger partial charge in [0.05, 0.1) is 42.6 Å². The van der Waals surface area contributed by atoms with Gasteiger partial charge in [-0.3, -0.25) is 0 Å². The van der Waals surface area contributed by atoms with E-state index in [0.29, 0.717) is 60.9 Å². The van der Waals surface area contributed by atoms with E-state index in [2.05, 4.69) is 0 Å². The first-order valence-corrected chi connectivity index (χ1v) is 21.8. The highest BCUT2D eigenvalue weighted by atomic mass is 32.2. The van der Waals surface area contributed by atoms with E-state index < -0.39 is 29.5 Å². The minimum Gasteiger partial charge on any atom is -0.491 e. The van der Waals surface area contributed by atoms with Crippen LogP contribution in [-0.2, 0) is 39.0 Å². The molecule has 0 N–H and O–H groups in total. The lowest BCUT2D eigenvalue weighted by atomic mass is 10.3. The van der Waals surface area contributed by atoms with Crippen LogP contribution in [0, 0.1) is 0 Å². The maximum absolute atomic E-state index is 13.4. The molecule has 0 radical (unpaired) electrons. The Morgan fingerprint density at radius 2 is 0.491 bits per heavy atom. The van der Waals surface area contributed by atoms with Crippen molar-refractivity contribution in [1.29, 1.82) is 0 Å². The zero-order valence-electron chi connectivity index (χ0n) is 30.8. The maximum atomic E-state index is 13.4. The van der Waals surface area contributed by atoms with Gasteiger partial charge in [-0.1, -0.05) is 0 Å². The van der Waals surface area contributed by atoms with Crippen LogP contribution in [0.25, 0.3) is 0 Å². The Hall–Kier alpha value is -5.71. The predicted molar refractivity (Wildman–Crippen MR) is 210 cm³/mol. The van der Waals surface area contributed by atoms with Crippen molar-refractivity contribution >= 4 is 29.5 Å². The number of rotatable bonds is 18. The van der Waals surface area contributed by atoms with Crippen LogP contribution >= 0.6 is 0 Å². The van der Waals surface area contributed by atoms with Gasteiger partial charge in [-0.2, -0.15) is 0 Å². The van der Waals surface area contributed by atoms with Crippen molar-refractivity contribution in [1.82, 2.24) is 0 Å².